The Balaban J connectivity index is 1.74. The summed E-state index contributed by atoms with van der Waals surface area (Å²) in [5.41, 5.74) is 16.0. The maximum atomic E-state index is 12.3. The van der Waals surface area contributed by atoms with Crippen molar-refractivity contribution in [1.29, 1.82) is 0 Å². The summed E-state index contributed by atoms with van der Waals surface area (Å²) >= 11 is 0. The summed E-state index contributed by atoms with van der Waals surface area (Å²) in [4.78, 5) is 12.3. The summed E-state index contributed by atoms with van der Waals surface area (Å²) in [5, 5.41) is 7.97. The molecule has 0 bridgehead atoms. The maximum Gasteiger partial charge on any atom is 0.252 e. The van der Waals surface area contributed by atoms with Gasteiger partial charge in [0.05, 0.1) is 29.2 Å². The highest BCUT2D eigenvalue weighted by Crippen LogP contribution is 2.46. The van der Waals surface area contributed by atoms with Crippen molar-refractivity contribution in [2.45, 2.75) is 51.7 Å². The fraction of sp³-hybridized carbons (Fsp3) is 0.417. The Morgan fingerprint density at radius 2 is 1.97 bits per heavy atom. The number of benzene rings is 1. The van der Waals surface area contributed by atoms with Crippen molar-refractivity contribution in [3.05, 3.63) is 53.9 Å². The molecule has 4 rings (SSSR count). The second kappa shape index (κ2) is 8.37. The topological polar surface area (TPSA) is 145 Å². The monoisotopic (exact) mass is 484 g/mol. The number of rotatable bonds is 7. The minimum absolute atomic E-state index is 0.0514. The largest absolute Gasteiger partial charge is 0.379 e. The molecule has 2 aromatic heterocycles. The fourth-order valence-electron chi connectivity index (χ4n) is 4.58. The molecule has 34 heavy (non-hydrogen) atoms. The molecule has 1 saturated carbocycles. The van der Waals surface area contributed by atoms with E-state index in [4.69, 9.17) is 11.5 Å². The van der Waals surface area contributed by atoms with Crippen molar-refractivity contribution in [3.8, 4) is 11.1 Å². The number of carbonyl (C=O) groups is 1. The number of anilines is 1. The first-order valence-electron chi connectivity index (χ1n) is 11.2. The normalized spacial score (nSPS) is 22.2. The Bertz CT molecular complexity index is 1360. The standard InChI is InChI=1S/C24H32N6O3S/c1-23(2)20(8-9-24(23,3)26)29-21-18(22(25)31)13-27-30-14-17(11-19(21)30)16-7-5-6-15(10-16)12-28-34(4,32)33/h5-7,10-11,13-14,20,28-29H,8-9,12,26H2,1-4H3,(H2,25,31)/t20-,24+/m1/s1. The summed E-state index contributed by atoms with van der Waals surface area (Å²) < 4.78 is 27.1. The molecule has 1 aliphatic carbocycles. The van der Waals surface area contributed by atoms with Gasteiger partial charge in [0.1, 0.15) is 0 Å². The fourth-order valence-corrected chi connectivity index (χ4v) is 5.01. The second-order valence-corrected chi connectivity index (χ2v) is 11.9. The van der Waals surface area contributed by atoms with Crippen LogP contribution in [-0.2, 0) is 16.6 Å². The van der Waals surface area contributed by atoms with Crippen molar-refractivity contribution >= 4 is 27.1 Å². The van der Waals surface area contributed by atoms with Gasteiger partial charge in [-0.05, 0) is 43.0 Å². The van der Waals surface area contributed by atoms with E-state index < -0.39 is 15.9 Å². The first-order valence-corrected chi connectivity index (χ1v) is 13.1. The van der Waals surface area contributed by atoms with Crippen LogP contribution in [0.4, 0.5) is 5.69 Å². The van der Waals surface area contributed by atoms with Gasteiger partial charge in [0, 0.05) is 35.3 Å². The Labute approximate surface area is 200 Å². The molecule has 10 heteroatoms. The molecular formula is C24H32N6O3S. The number of sulfonamides is 1. The summed E-state index contributed by atoms with van der Waals surface area (Å²) in [6.07, 6.45) is 6.23. The minimum atomic E-state index is -3.29. The Hall–Kier alpha value is -2.95. The Kier molecular flexibility index (Phi) is 5.95. The molecule has 0 saturated heterocycles. The highest BCUT2D eigenvalue weighted by molar-refractivity contribution is 7.88. The van der Waals surface area contributed by atoms with Gasteiger partial charge in [-0.1, -0.05) is 32.0 Å². The summed E-state index contributed by atoms with van der Waals surface area (Å²) in [5.74, 6) is -0.555. The third-order valence-electron chi connectivity index (χ3n) is 7.32. The van der Waals surface area contributed by atoms with Crippen LogP contribution >= 0.6 is 0 Å². The Morgan fingerprint density at radius 3 is 2.59 bits per heavy atom. The van der Waals surface area contributed by atoms with E-state index in [-0.39, 0.29) is 23.5 Å². The molecular weight excluding hydrogens is 452 g/mol. The minimum Gasteiger partial charge on any atom is -0.379 e. The quantitative estimate of drug-likeness (QED) is 0.405. The number of amides is 1. The molecule has 0 unspecified atom stereocenters. The molecule has 0 radical (unpaired) electrons. The molecule has 6 N–H and O–H groups in total. The molecule has 3 aromatic rings. The average Bonchev–Trinajstić information content (AvgIpc) is 3.26. The van der Waals surface area contributed by atoms with E-state index in [9.17, 15) is 13.2 Å². The van der Waals surface area contributed by atoms with Crippen molar-refractivity contribution < 1.29 is 13.2 Å². The van der Waals surface area contributed by atoms with E-state index in [2.05, 4.69) is 35.9 Å². The lowest BCUT2D eigenvalue weighted by Gasteiger charge is -2.39. The maximum absolute atomic E-state index is 12.3. The van der Waals surface area contributed by atoms with E-state index in [1.54, 1.807) is 4.52 Å². The number of fused-ring (bicyclic) bond motifs is 1. The van der Waals surface area contributed by atoms with Crippen LogP contribution in [0, 0.1) is 5.41 Å². The van der Waals surface area contributed by atoms with Crippen LogP contribution < -0.4 is 21.5 Å². The zero-order valence-corrected chi connectivity index (χ0v) is 20.7. The van der Waals surface area contributed by atoms with E-state index in [0.29, 0.717) is 11.3 Å². The number of nitrogens with two attached hydrogens (primary N) is 2. The van der Waals surface area contributed by atoms with Crippen LogP contribution in [0.15, 0.2) is 42.7 Å². The zero-order valence-electron chi connectivity index (χ0n) is 19.9. The molecule has 1 aliphatic rings. The summed E-state index contributed by atoms with van der Waals surface area (Å²) in [6, 6.07) is 9.61. The van der Waals surface area contributed by atoms with E-state index in [0.717, 1.165) is 41.3 Å². The van der Waals surface area contributed by atoms with Crippen LogP contribution in [0.1, 0.15) is 49.5 Å². The third kappa shape index (κ3) is 4.53. The summed E-state index contributed by atoms with van der Waals surface area (Å²) in [6.45, 7) is 6.54. The smallest absolute Gasteiger partial charge is 0.252 e. The first kappa shape index (κ1) is 24.2. The van der Waals surface area contributed by atoms with Gasteiger partial charge in [-0.2, -0.15) is 5.10 Å². The SMILES string of the molecule is CC1(C)[C@H](Nc2c(C(N)=O)cnn3cc(-c4cccc(CNS(C)(=O)=O)c4)cc23)CC[C@]1(C)N. The van der Waals surface area contributed by atoms with Crippen molar-refractivity contribution in [1.82, 2.24) is 14.3 Å². The lowest BCUT2D eigenvalue weighted by Crippen LogP contribution is -2.51. The van der Waals surface area contributed by atoms with Gasteiger partial charge in [-0.25, -0.2) is 17.7 Å². The van der Waals surface area contributed by atoms with Crippen LogP contribution in [-0.4, -0.2) is 41.8 Å². The number of nitrogens with one attached hydrogen (secondary N) is 2. The highest BCUT2D eigenvalue weighted by Gasteiger charge is 2.49. The van der Waals surface area contributed by atoms with Gasteiger partial charge >= 0.3 is 0 Å². The number of primary amides is 1. The lowest BCUT2D eigenvalue weighted by atomic mass is 9.75. The van der Waals surface area contributed by atoms with Gasteiger partial charge in [0.25, 0.3) is 5.91 Å². The van der Waals surface area contributed by atoms with Gasteiger partial charge in [0.15, 0.2) is 0 Å². The van der Waals surface area contributed by atoms with E-state index >= 15 is 0 Å². The molecule has 1 aromatic carbocycles. The van der Waals surface area contributed by atoms with Crippen molar-refractivity contribution in [2.24, 2.45) is 16.9 Å². The average molecular weight is 485 g/mol. The summed E-state index contributed by atoms with van der Waals surface area (Å²) in [7, 11) is -3.29. The van der Waals surface area contributed by atoms with Crippen LogP contribution in [0.25, 0.3) is 16.6 Å². The number of hydrogen-bond donors (Lipinski definition) is 4. The van der Waals surface area contributed by atoms with E-state index in [1.807, 2.05) is 36.5 Å². The van der Waals surface area contributed by atoms with Gasteiger partial charge in [-0.3, -0.25) is 4.79 Å². The molecule has 2 atom stereocenters. The number of nitrogens with zero attached hydrogens (tertiary/aromatic N) is 2. The molecule has 1 amide bonds. The predicted octanol–water partition coefficient (Wildman–Crippen LogP) is 2.47. The van der Waals surface area contributed by atoms with Gasteiger partial charge in [-0.15, -0.1) is 0 Å². The van der Waals surface area contributed by atoms with Crippen LogP contribution in [0.5, 0.6) is 0 Å². The van der Waals surface area contributed by atoms with Crippen molar-refractivity contribution in [3.63, 3.8) is 0 Å². The molecule has 182 valence electrons. The number of hydrogen-bond acceptors (Lipinski definition) is 6. The second-order valence-electron chi connectivity index (χ2n) is 10.0. The molecule has 2 heterocycles. The predicted molar refractivity (Wildman–Crippen MR) is 134 cm³/mol. The third-order valence-corrected chi connectivity index (χ3v) is 7.98. The van der Waals surface area contributed by atoms with E-state index in [1.165, 1.54) is 6.20 Å². The number of aromatic nitrogens is 2. The molecule has 0 spiro atoms. The molecule has 0 aliphatic heterocycles. The molecule has 9 nitrogen and oxygen atoms in total. The van der Waals surface area contributed by atoms with Crippen molar-refractivity contribution in [2.75, 3.05) is 11.6 Å². The molecule has 1 fully saturated rings. The van der Waals surface area contributed by atoms with Crippen LogP contribution in [0.3, 0.4) is 0 Å². The van der Waals surface area contributed by atoms with Gasteiger partial charge < -0.3 is 16.8 Å². The van der Waals surface area contributed by atoms with Gasteiger partial charge in [0.2, 0.25) is 10.0 Å². The highest BCUT2D eigenvalue weighted by atomic mass is 32.2. The lowest BCUT2D eigenvalue weighted by molar-refractivity contribution is 0.100. The zero-order chi connectivity index (χ0) is 24.9. The Morgan fingerprint density at radius 1 is 1.24 bits per heavy atom. The number of carbonyl (C=O) groups excluding carboxylic acids is 1. The first-order chi connectivity index (χ1) is 15.8. The van der Waals surface area contributed by atoms with Crippen LogP contribution in [0.2, 0.25) is 0 Å².